The number of rotatable bonds is 0. The lowest BCUT2D eigenvalue weighted by Crippen LogP contribution is -2.57. The second-order valence-corrected chi connectivity index (χ2v) is 4.36. The third kappa shape index (κ3) is 0.110. The number of hydrogen-bond donors (Lipinski definition) is 0. The molecule has 0 nitrogen and oxygen atoms in total. The molecule has 3 atom stereocenters. The predicted molar refractivity (Wildman–Crippen MR) is 30.2 cm³/mol. The lowest BCUT2D eigenvalue weighted by Gasteiger charge is -2.63. The average molecular weight is 106 g/mol. The summed E-state index contributed by atoms with van der Waals surface area (Å²) < 4.78 is 0. The normalized spacial score (nSPS) is 87.0. The van der Waals surface area contributed by atoms with E-state index < -0.39 is 0 Å². The van der Waals surface area contributed by atoms with Crippen LogP contribution in [-0.2, 0) is 0 Å². The molecule has 6 aliphatic rings. The molecule has 3 unspecified atom stereocenters. The molecule has 6 fully saturated rings. The lowest BCUT2D eigenvalue weighted by molar-refractivity contribution is -0.148. The fourth-order valence-corrected chi connectivity index (χ4v) is 4.18. The van der Waals surface area contributed by atoms with Gasteiger partial charge in [0.05, 0.1) is 0 Å². The van der Waals surface area contributed by atoms with Crippen molar-refractivity contribution in [1.29, 1.82) is 0 Å². The SMILES string of the molecule is C1C2C3CC2C32CC12. The monoisotopic (exact) mass is 106 g/mol. The Balaban J connectivity index is 2.05. The van der Waals surface area contributed by atoms with Gasteiger partial charge in [-0.3, -0.25) is 0 Å². The fourth-order valence-electron chi connectivity index (χ4n) is 4.18. The molecule has 0 saturated heterocycles. The Labute approximate surface area is 49.3 Å². The summed E-state index contributed by atoms with van der Waals surface area (Å²) in [6.07, 6.45) is 4.94. The molecule has 0 amide bonds. The summed E-state index contributed by atoms with van der Waals surface area (Å²) in [5.41, 5.74) is 1.06. The highest BCUT2D eigenvalue weighted by molar-refractivity contribution is 5.34. The highest BCUT2D eigenvalue weighted by Gasteiger charge is 2.86. The Hall–Kier alpha value is 0. The highest BCUT2D eigenvalue weighted by Crippen LogP contribution is 2.92. The molecular formula is C8H10. The van der Waals surface area contributed by atoms with E-state index >= 15 is 0 Å². The van der Waals surface area contributed by atoms with Gasteiger partial charge in [-0.25, -0.2) is 0 Å². The standard InChI is InChI=1S/C8H10/c1-4-3-8(4)6-2-7(8)5(1)6/h4-7H,1-3H2. The van der Waals surface area contributed by atoms with Crippen LogP contribution in [0.25, 0.3) is 0 Å². The molecule has 0 radical (unpaired) electrons. The Morgan fingerprint density at radius 1 is 1.12 bits per heavy atom. The van der Waals surface area contributed by atoms with Crippen molar-refractivity contribution in [1.82, 2.24) is 0 Å². The molecule has 0 heteroatoms. The van der Waals surface area contributed by atoms with Crippen LogP contribution in [0.4, 0.5) is 0 Å². The first kappa shape index (κ1) is 3.24. The van der Waals surface area contributed by atoms with Gasteiger partial charge in [0.15, 0.2) is 0 Å². The molecule has 0 aromatic heterocycles. The summed E-state index contributed by atoms with van der Waals surface area (Å²) in [4.78, 5) is 0. The van der Waals surface area contributed by atoms with Gasteiger partial charge in [-0.2, -0.15) is 0 Å². The van der Waals surface area contributed by atoms with E-state index in [0.29, 0.717) is 0 Å². The second-order valence-electron chi connectivity index (χ2n) is 4.36. The van der Waals surface area contributed by atoms with Gasteiger partial charge in [-0.1, -0.05) is 0 Å². The van der Waals surface area contributed by atoms with Crippen LogP contribution in [0.3, 0.4) is 0 Å². The van der Waals surface area contributed by atoms with Gasteiger partial charge in [-0.05, 0) is 48.3 Å². The number of hydrogen-bond acceptors (Lipinski definition) is 0. The molecule has 6 saturated carbocycles. The zero-order valence-corrected chi connectivity index (χ0v) is 4.93. The van der Waals surface area contributed by atoms with Crippen LogP contribution in [0.15, 0.2) is 0 Å². The largest absolute Gasteiger partial charge is 0.0464 e. The van der Waals surface area contributed by atoms with E-state index in [9.17, 15) is 0 Å². The summed E-state index contributed by atoms with van der Waals surface area (Å²) >= 11 is 0. The van der Waals surface area contributed by atoms with Crippen LogP contribution in [-0.4, -0.2) is 0 Å². The van der Waals surface area contributed by atoms with E-state index in [1.165, 1.54) is 23.7 Å². The first-order chi connectivity index (χ1) is 3.93. The van der Waals surface area contributed by atoms with Crippen molar-refractivity contribution in [2.45, 2.75) is 19.3 Å². The maximum atomic E-state index is 1.65. The smallest absolute Gasteiger partial charge is 0.0204 e. The van der Waals surface area contributed by atoms with E-state index in [0.717, 1.165) is 5.41 Å². The van der Waals surface area contributed by atoms with Crippen LogP contribution in [0.5, 0.6) is 0 Å². The Morgan fingerprint density at radius 3 is 2.12 bits per heavy atom. The maximum absolute atomic E-state index is 1.65. The molecule has 4 bridgehead atoms. The van der Waals surface area contributed by atoms with E-state index in [4.69, 9.17) is 0 Å². The first-order valence-electron chi connectivity index (χ1n) is 3.93. The van der Waals surface area contributed by atoms with E-state index in [2.05, 4.69) is 0 Å². The summed E-state index contributed by atoms with van der Waals surface area (Å²) in [6.45, 7) is 0. The molecule has 0 aromatic rings. The van der Waals surface area contributed by atoms with E-state index in [1.54, 1.807) is 19.3 Å². The van der Waals surface area contributed by atoms with Crippen molar-refractivity contribution in [3.63, 3.8) is 0 Å². The molecule has 0 aliphatic heterocycles. The molecule has 6 aliphatic carbocycles. The summed E-state index contributed by atoms with van der Waals surface area (Å²) in [5, 5.41) is 0. The van der Waals surface area contributed by atoms with Crippen LogP contribution in [0.1, 0.15) is 19.3 Å². The molecular weight excluding hydrogens is 96.1 g/mol. The Bertz CT molecular complexity index is 172. The molecule has 0 heterocycles. The summed E-state index contributed by atoms with van der Waals surface area (Å²) in [7, 11) is 0. The van der Waals surface area contributed by atoms with Gasteiger partial charge >= 0.3 is 0 Å². The predicted octanol–water partition coefficient (Wildman–Crippen LogP) is 1.66. The van der Waals surface area contributed by atoms with E-state index in [1.807, 2.05) is 0 Å². The maximum Gasteiger partial charge on any atom is -0.0204 e. The van der Waals surface area contributed by atoms with Crippen molar-refractivity contribution < 1.29 is 0 Å². The zero-order chi connectivity index (χ0) is 4.93. The molecule has 1 spiro atoms. The lowest BCUT2D eigenvalue weighted by atomic mass is 9.42. The summed E-state index contributed by atoms with van der Waals surface area (Å²) in [5.74, 6) is 5.08. The fraction of sp³-hybridized carbons (Fsp3) is 1.00. The minimum atomic E-state index is 1.06. The van der Waals surface area contributed by atoms with Gasteiger partial charge in [0, 0.05) is 0 Å². The van der Waals surface area contributed by atoms with Gasteiger partial charge in [0.2, 0.25) is 0 Å². The quantitative estimate of drug-likeness (QED) is 0.440. The third-order valence-electron chi connectivity index (χ3n) is 4.68. The topological polar surface area (TPSA) is 0 Å². The van der Waals surface area contributed by atoms with Crippen LogP contribution in [0.2, 0.25) is 0 Å². The van der Waals surface area contributed by atoms with Crippen molar-refractivity contribution in [3.05, 3.63) is 0 Å². The minimum absolute atomic E-state index is 1.06. The molecule has 0 N–H and O–H groups in total. The van der Waals surface area contributed by atoms with Gasteiger partial charge in [-0.15, -0.1) is 0 Å². The molecule has 0 aromatic carbocycles. The molecule has 42 valence electrons. The Kier molecular flexibility index (Phi) is 0.231. The highest BCUT2D eigenvalue weighted by atomic mass is 14.9. The van der Waals surface area contributed by atoms with Crippen molar-refractivity contribution >= 4 is 0 Å². The van der Waals surface area contributed by atoms with Crippen LogP contribution >= 0.6 is 0 Å². The Morgan fingerprint density at radius 2 is 2.00 bits per heavy atom. The van der Waals surface area contributed by atoms with Crippen molar-refractivity contribution in [2.24, 2.45) is 29.1 Å². The van der Waals surface area contributed by atoms with Gasteiger partial charge < -0.3 is 0 Å². The van der Waals surface area contributed by atoms with Crippen LogP contribution in [0, 0.1) is 29.1 Å². The molecule has 6 rings (SSSR count). The first-order valence-corrected chi connectivity index (χ1v) is 3.93. The van der Waals surface area contributed by atoms with Gasteiger partial charge in [0.1, 0.15) is 0 Å². The average Bonchev–Trinajstić information content (AvgIpc) is 2.23. The molecule has 8 heavy (non-hydrogen) atoms. The van der Waals surface area contributed by atoms with Crippen LogP contribution < -0.4 is 0 Å². The third-order valence-corrected chi connectivity index (χ3v) is 4.68. The second kappa shape index (κ2) is 0.571. The minimum Gasteiger partial charge on any atom is -0.0464 e. The zero-order valence-electron chi connectivity index (χ0n) is 4.93. The van der Waals surface area contributed by atoms with Crippen molar-refractivity contribution in [3.8, 4) is 0 Å². The van der Waals surface area contributed by atoms with E-state index in [-0.39, 0.29) is 0 Å². The van der Waals surface area contributed by atoms with Gasteiger partial charge in [0.25, 0.3) is 0 Å². The summed E-state index contributed by atoms with van der Waals surface area (Å²) in [6, 6.07) is 0. The van der Waals surface area contributed by atoms with Crippen molar-refractivity contribution in [2.75, 3.05) is 0 Å².